The van der Waals surface area contributed by atoms with Crippen LogP contribution in [0.15, 0.2) is 30.5 Å². The lowest BCUT2D eigenvalue weighted by Gasteiger charge is -2.08. The van der Waals surface area contributed by atoms with Gasteiger partial charge in [0, 0.05) is 6.20 Å². The predicted octanol–water partition coefficient (Wildman–Crippen LogP) is 1.32. The van der Waals surface area contributed by atoms with E-state index in [1.165, 1.54) is 6.20 Å². The molecule has 1 heterocycles. The van der Waals surface area contributed by atoms with Crippen LogP contribution in [0.3, 0.4) is 0 Å². The second-order valence-electron chi connectivity index (χ2n) is 2.70. The molecule has 0 unspecified atom stereocenters. The number of hydrogen-bond acceptors (Lipinski definition) is 3. The maximum Gasteiger partial charge on any atom is 0.119 e. The van der Waals surface area contributed by atoms with Crippen molar-refractivity contribution in [3.05, 3.63) is 30.5 Å². The zero-order chi connectivity index (χ0) is 9.26. The summed E-state index contributed by atoms with van der Waals surface area (Å²) in [4.78, 5) is 3.67. The molecule has 0 atom stereocenters. The molecule has 0 aliphatic carbocycles. The summed E-state index contributed by atoms with van der Waals surface area (Å²) in [6.45, 7) is 0. The average Bonchev–Trinajstić information content (AvgIpc) is 2.18. The third-order valence-electron chi connectivity index (χ3n) is 1.94. The van der Waals surface area contributed by atoms with Gasteiger partial charge >= 0.3 is 0 Å². The van der Waals surface area contributed by atoms with E-state index in [0.29, 0.717) is 5.39 Å². The minimum Gasteiger partial charge on any atom is -0.858 e. The minimum atomic E-state index is -0.194. The van der Waals surface area contributed by atoms with Crippen LogP contribution in [0.5, 0.6) is 11.6 Å². The molecule has 1 aromatic carbocycles. The number of methoxy groups -OCH3 is 1. The van der Waals surface area contributed by atoms with E-state index in [-0.39, 0.29) is 5.88 Å². The van der Waals surface area contributed by atoms with Gasteiger partial charge in [-0.2, -0.15) is 0 Å². The second-order valence-corrected chi connectivity index (χ2v) is 2.70. The van der Waals surface area contributed by atoms with Gasteiger partial charge in [-0.1, -0.05) is 0 Å². The van der Waals surface area contributed by atoms with Gasteiger partial charge in [0.05, 0.1) is 7.11 Å². The van der Waals surface area contributed by atoms with Gasteiger partial charge in [0.1, 0.15) is 5.75 Å². The monoisotopic (exact) mass is 174 g/mol. The first-order valence-electron chi connectivity index (χ1n) is 3.91. The van der Waals surface area contributed by atoms with Crippen LogP contribution >= 0.6 is 0 Å². The van der Waals surface area contributed by atoms with Crippen molar-refractivity contribution in [2.24, 2.45) is 0 Å². The Bertz CT molecular complexity index is 440. The summed E-state index contributed by atoms with van der Waals surface area (Å²) in [5.74, 6) is 0.554. The lowest BCUT2D eigenvalue weighted by molar-refractivity contribution is -0.272. The van der Waals surface area contributed by atoms with Gasteiger partial charge in [-0.3, -0.25) is 4.98 Å². The normalized spacial score (nSPS) is 10.2. The molecule has 0 saturated heterocycles. The first-order valence-corrected chi connectivity index (χ1v) is 3.91. The van der Waals surface area contributed by atoms with Gasteiger partial charge in [0.25, 0.3) is 0 Å². The Morgan fingerprint density at radius 3 is 2.92 bits per heavy atom. The van der Waals surface area contributed by atoms with Crippen LogP contribution in [0, 0.1) is 0 Å². The number of hydrogen-bond donors (Lipinski definition) is 0. The lowest BCUT2D eigenvalue weighted by Crippen LogP contribution is -1.94. The standard InChI is InChI=1S/C10H9NO2/c1-13-8-2-3-9-7(6-8)4-5-11-10(9)12/h2-6H,1H3,(H,11,12)/p-1. The molecule has 0 saturated carbocycles. The largest absolute Gasteiger partial charge is 0.858 e. The molecule has 66 valence electrons. The van der Waals surface area contributed by atoms with Crippen LogP contribution in [0.1, 0.15) is 0 Å². The van der Waals surface area contributed by atoms with Crippen molar-refractivity contribution in [3.8, 4) is 11.6 Å². The molecule has 0 spiro atoms. The molecule has 0 aliphatic rings. The van der Waals surface area contributed by atoms with E-state index in [0.717, 1.165) is 11.1 Å². The van der Waals surface area contributed by atoms with Crippen LogP contribution in [-0.2, 0) is 0 Å². The van der Waals surface area contributed by atoms with Crippen molar-refractivity contribution in [1.82, 2.24) is 4.98 Å². The van der Waals surface area contributed by atoms with E-state index in [9.17, 15) is 5.11 Å². The zero-order valence-electron chi connectivity index (χ0n) is 7.15. The van der Waals surface area contributed by atoms with E-state index in [2.05, 4.69) is 4.98 Å². The fourth-order valence-electron chi connectivity index (χ4n) is 1.26. The van der Waals surface area contributed by atoms with Crippen LogP contribution in [0.2, 0.25) is 0 Å². The molecule has 3 heteroatoms. The molecule has 2 aromatic rings. The molecule has 0 fully saturated rings. The molecule has 1 aromatic heterocycles. The first-order chi connectivity index (χ1) is 6.31. The summed E-state index contributed by atoms with van der Waals surface area (Å²) in [5.41, 5.74) is 0. The van der Waals surface area contributed by atoms with Gasteiger partial charge in [0.2, 0.25) is 0 Å². The number of nitrogens with zero attached hydrogens (tertiary/aromatic N) is 1. The molecule has 13 heavy (non-hydrogen) atoms. The number of aromatic nitrogens is 1. The molecule has 3 nitrogen and oxygen atoms in total. The summed E-state index contributed by atoms with van der Waals surface area (Å²) in [6.07, 6.45) is 1.50. The quantitative estimate of drug-likeness (QED) is 0.654. The number of fused-ring (bicyclic) bond motifs is 1. The summed E-state index contributed by atoms with van der Waals surface area (Å²) >= 11 is 0. The molecule has 0 N–H and O–H groups in total. The van der Waals surface area contributed by atoms with Crippen molar-refractivity contribution in [2.75, 3.05) is 7.11 Å². The van der Waals surface area contributed by atoms with Gasteiger partial charge < -0.3 is 9.84 Å². The second kappa shape index (κ2) is 2.94. The van der Waals surface area contributed by atoms with Gasteiger partial charge in [-0.15, -0.1) is 0 Å². The predicted molar refractivity (Wildman–Crippen MR) is 47.7 cm³/mol. The molecule has 0 amide bonds. The van der Waals surface area contributed by atoms with E-state index >= 15 is 0 Å². The van der Waals surface area contributed by atoms with E-state index in [1.807, 2.05) is 6.07 Å². The summed E-state index contributed by atoms with van der Waals surface area (Å²) < 4.78 is 5.04. The number of rotatable bonds is 1. The van der Waals surface area contributed by atoms with E-state index in [4.69, 9.17) is 4.74 Å². The fraction of sp³-hybridized carbons (Fsp3) is 0.100. The Morgan fingerprint density at radius 2 is 2.15 bits per heavy atom. The highest BCUT2D eigenvalue weighted by Crippen LogP contribution is 2.23. The van der Waals surface area contributed by atoms with Crippen molar-refractivity contribution >= 4 is 10.8 Å². The highest BCUT2D eigenvalue weighted by molar-refractivity contribution is 5.87. The molecular weight excluding hydrogens is 166 g/mol. The molecular formula is C10H8NO2-. The number of ether oxygens (including phenoxy) is 1. The minimum absolute atomic E-state index is 0.194. The Hall–Kier alpha value is -1.77. The molecule has 2 rings (SSSR count). The maximum absolute atomic E-state index is 11.2. The van der Waals surface area contributed by atoms with Crippen LogP contribution < -0.4 is 9.84 Å². The van der Waals surface area contributed by atoms with Crippen LogP contribution in [0.25, 0.3) is 10.8 Å². The third-order valence-corrected chi connectivity index (χ3v) is 1.94. The number of pyridine rings is 1. The Kier molecular flexibility index (Phi) is 1.77. The molecule has 0 aliphatic heterocycles. The van der Waals surface area contributed by atoms with Crippen molar-refractivity contribution in [2.45, 2.75) is 0 Å². The molecule has 0 radical (unpaired) electrons. The van der Waals surface area contributed by atoms with E-state index < -0.39 is 0 Å². The molecule has 0 bridgehead atoms. The van der Waals surface area contributed by atoms with Gasteiger partial charge in [-0.05, 0) is 40.9 Å². The lowest BCUT2D eigenvalue weighted by atomic mass is 10.1. The Morgan fingerprint density at radius 1 is 1.31 bits per heavy atom. The SMILES string of the molecule is COc1ccc2c([O-])nccc2c1. The van der Waals surface area contributed by atoms with Gasteiger partial charge in [-0.25, -0.2) is 0 Å². The maximum atomic E-state index is 11.2. The number of benzene rings is 1. The first kappa shape index (κ1) is 7.86. The fourth-order valence-corrected chi connectivity index (χ4v) is 1.26. The van der Waals surface area contributed by atoms with E-state index in [1.54, 1.807) is 25.3 Å². The van der Waals surface area contributed by atoms with Crippen molar-refractivity contribution < 1.29 is 9.84 Å². The highest BCUT2D eigenvalue weighted by Gasteiger charge is 1.96. The topological polar surface area (TPSA) is 45.2 Å². The summed E-state index contributed by atoms with van der Waals surface area (Å²) in [7, 11) is 1.60. The Balaban J connectivity index is 2.72. The average molecular weight is 174 g/mol. The highest BCUT2D eigenvalue weighted by atomic mass is 16.5. The smallest absolute Gasteiger partial charge is 0.119 e. The summed E-state index contributed by atoms with van der Waals surface area (Å²) in [6, 6.07) is 7.09. The van der Waals surface area contributed by atoms with Gasteiger partial charge in [0.15, 0.2) is 0 Å². The van der Waals surface area contributed by atoms with Crippen molar-refractivity contribution in [3.63, 3.8) is 0 Å². The van der Waals surface area contributed by atoms with Crippen LogP contribution in [0.4, 0.5) is 0 Å². The summed E-state index contributed by atoms with van der Waals surface area (Å²) in [5, 5.41) is 12.7. The third kappa shape index (κ3) is 1.28. The van der Waals surface area contributed by atoms with Crippen molar-refractivity contribution in [1.29, 1.82) is 0 Å². The Labute approximate surface area is 75.6 Å². The zero-order valence-corrected chi connectivity index (χ0v) is 7.15. The van der Waals surface area contributed by atoms with Crippen LogP contribution in [-0.4, -0.2) is 12.1 Å².